The molecule has 0 atom stereocenters. The number of hydrogen-bond acceptors (Lipinski definition) is 5. The van der Waals surface area contributed by atoms with E-state index in [0.717, 1.165) is 12.1 Å². The molecule has 0 spiro atoms. The fourth-order valence-electron chi connectivity index (χ4n) is 2.68. The highest BCUT2D eigenvalue weighted by atomic mass is 19.1. The van der Waals surface area contributed by atoms with Gasteiger partial charge in [-0.3, -0.25) is 14.4 Å². The van der Waals surface area contributed by atoms with Gasteiger partial charge in [-0.05, 0) is 24.3 Å². The molecule has 0 aliphatic rings. The van der Waals surface area contributed by atoms with Gasteiger partial charge in [-0.15, -0.1) is 0 Å². The van der Waals surface area contributed by atoms with Crippen LogP contribution in [0.3, 0.4) is 0 Å². The second-order valence-corrected chi connectivity index (χ2v) is 5.97. The Labute approximate surface area is 158 Å². The molecule has 28 heavy (non-hydrogen) atoms. The second-order valence-electron chi connectivity index (χ2n) is 5.97. The highest BCUT2D eigenvalue weighted by molar-refractivity contribution is 6.05. The number of fused-ring (bicyclic) bond motifs is 1. The average Bonchev–Trinajstić information content (AvgIpc) is 2.64. The van der Waals surface area contributed by atoms with Gasteiger partial charge in [0.2, 0.25) is 17.2 Å². The summed E-state index contributed by atoms with van der Waals surface area (Å²) in [5.41, 5.74) is -0.107. The minimum Gasteiger partial charge on any atom is -0.454 e. The molecule has 1 amide bonds. The predicted octanol–water partition coefficient (Wildman–Crippen LogP) is 2.67. The molecular weight excluding hydrogens is 367 g/mol. The molecule has 2 N–H and O–H groups in total. The molecule has 8 heteroatoms. The molecule has 0 saturated heterocycles. The summed E-state index contributed by atoms with van der Waals surface area (Å²) in [6.07, 6.45) is 0. The number of pyridine rings is 1. The van der Waals surface area contributed by atoms with Gasteiger partial charge in [0, 0.05) is 29.6 Å². The van der Waals surface area contributed by atoms with Gasteiger partial charge in [-0.25, -0.2) is 9.18 Å². The van der Waals surface area contributed by atoms with E-state index >= 15 is 0 Å². The van der Waals surface area contributed by atoms with E-state index in [2.05, 4.69) is 10.3 Å². The normalized spacial score (nSPS) is 10.5. The molecule has 1 aromatic heterocycles. The first-order valence-electron chi connectivity index (χ1n) is 8.24. The number of nitrogens with one attached hydrogen (secondary N) is 2. The lowest BCUT2D eigenvalue weighted by Crippen LogP contribution is -2.18. The maximum atomic E-state index is 14.1. The molecule has 3 aromatic rings. The number of aromatic nitrogens is 1. The zero-order valence-corrected chi connectivity index (χ0v) is 14.7. The lowest BCUT2D eigenvalue weighted by Gasteiger charge is -2.08. The van der Waals surface area contributed by atoms with Crippen LogP contribution >= 0.6 is 0 Å². The summed E-state index contributed by atoms with van der Waals surface area (Å²) in [4.78, 5) is 49.8. The number of rotatable bonds is 5. The Kier molecular flexibility index (Phi) is 5.30. The molecule has 3 rings (SSSR count). The van der Waals surface area contributed by atoms with Crippen LogP contribution in [0.15, 0.2) is 53.3 Å². The molecule has 7 nitrogen and oxygen atoms in total. The Morgan fingerprint density at radius 3 is 2.54 bits per heavy atom. The quantitative estimate of drug-likeness (QED) is 0.521. The Morgan fingerprint density at radius 2 is 1.82 bits per heavy atom. The van der Waals surface area contributed by atoms with Crippen LogP contribution in [0.1, 0.15) is 27.6 Å². The smallest absolute Gasteiger partial charge is 0.339 e. The van der Waals surface area contributed by atoms with Gasteiger partial charge in [0.05, 0.1) is 11.1 Å². The van der Waals surface area contributed by atoms with Gasteiger partial charge in [0.15, 0.2) is 6.61 Å². The number of H-pyrrole nitrogens is 1. The number of esters is 1. The van der Waals surface area contributed by atoms with Crippen molar-refractivity contribution in [1.82, 2.24) is 4.98 Å². The van der Waals surface area contributed by atoms with Crippen LogP contribution in [0.25, 0.3) is 10.9 Å². The summed E-state index contributed by atoms with van der Waals surface area (Å²) >= 11 is 0. The summed E-state index contributed by atoms with van der Waals surface area (Å²) in [6, 6.07) is 11.3. The van der Waals surface area contributed by atoms with Crippen molar-refractivity contribution < 1.29 is 23.5 Å². The number of aromatic amines is 1. The molecule has 1 heterocycles. The number of para-hydroxylation sites is 1. The number of Topliss-reactive ketones (excluding diaryl/α,β-unsaturated/α-hetero) is 1. The van der Waals surface area contributed by atoms with Crippen LogP contribution in [-0.4, -0.2) is 29.3 Å². The highest BCUT2D eigenvalue weighted by Crippen LogP contribution is 2.17. The SMILES string of the molecule is CC(=O)Nc1ccc(C(=O)COC(=O)c2cc(=O)[nH]c3ccccc23)c(F)c1. The van der Waals surface area contributed by atoms with Gasteiger partial charge in [0.1, 0.15) is 5.82 Å². The molecule has 2 aromatic carbocycles. The van der Waals surface area contributed by atoms with E-state index in [-0.39, 0.29) is 22.7 Å². The maximum absolute atomic E-state index is 14.1. The van der Waals surface area contributed by atoms with E-state index in [1.165, 1.54) is 19.1 Å². The molecule has 0 fully saturated rings. The topological polar surface area (TPSA) is 105 Å². The number of carbonyl (C=O) groups excluding carboxylic acids is 3. The summed E-state index contributed by atoms with van der Waals surface area (Å²) < 4.78 is 19.1. The van der Waals surface area contributed by atoms with Crippen molar-refractivity contribution in [1.29, 1.82) is 0 Å². The predicted molar refractivity (Wildman–Crippen MR) is 99.9 cm³/mol. The molecule has 0 unspecified atom stereocenters. The first-order chi connectivity index (χ1) is 13.3. The van der Waals surface area contributed by atoms with Crippen LogP contribution in [0, 0.1) is 5.82 Å². The molecule has 0 saturated carbocycles. The minimum atomic E-state index is -0.870. The number of halogens is 1. The number of ketones is 1. The van der Waals surface area contributed by atoms with Crippen molar-refractivity contribution in [2.24, 2.45) is 0 Å². The average molecular weight is 382 g/mol. The molecule has 0 aliphatic heterocycles. The van der Waals surface area contributed by atoms with Crippen molar-refractivity contribution in [3.8, 4) is 0 Å². The number of benzene rings is 2. The van der Waals surface area contributed by atoms with Gasteiger partial charge >= 0.3 is 5.97 Å². The van der Waals surface area contributed by atoms with E-state index < -0.39 is 29.7 Å². The number of carbonyl (C=O) groups is 3. The minimum absolute atomic E-state index is 0.00799. The van der Waals surface area contributed by atoms with Crippen molar-refractivity contribution in [3.63, 3.8) is 0 Å². The van der Waals surface area contributed by atoms with Crippen molar-refractivity contribution >= 4 is 34.3 Å². The van der Waals surface area contributed by atoms with Crippen LogP contribution < -0.4 is 10.9 Å². The third kappa shape index (κ3) is 4.12. The van der Waals surface area contributed by atoms with Crippen LogP contribution in [0.4, 0.5) is 10.1 Å². The van der Waals surface area contributed by atoms with Gasteiger partial charge in [-0.1, -0.05) is 18.2 Å². The van der Waals surface area contributed by atoms with E-state index in [1.807, 2.05) is 0 Å². The first-order valence-corrected chi connectivity index (χ1v) is 8.24. The number of hydrogen-bond donors (Lipinski definition) is 2. The van der Waals surface area contributed by atoms with E-state index in [0.29, 0.717) is 10.9 Å². The fraction of sp³-hybridized carbons (Fsp3) is 0.100. The molecule has 142 valence electrons. The summed E-state index contributed by atoms with van der Waals surface area (Å²) in [5, 5.41) is 2.86. The lowest BCUT2D eigenvalue weighted by atomic mass is 10.1. The van der Waals surface area contributed by atoms with Gasteiger partial charge in [0.25, 0.3) is 0 Å². The zero-order valence-electron chi connectivity index (χ0n) is 14.7. The maximum Gasteiger partial charge on any atom is 0.339 e. The Balaban J connectivity index is 1.76. The molecular formula is C20H15FN2O5. The Bertz CT molecular complexity index is 1150. The number of anilines is 1. The molecule has 0 radical (unpaired) electrons. The van der Waals surface area contributed by atoms with Crippen molar-refractivity contribution in [2.75, 3.05) is 11.9 Å². The fourth-order valence-corrected chi connectivity index (χ4v) is 2.68. The highest BCUT2D eigenvalue weighted by Gasteiger charge is 2.18. The summed E-state index contributed by atoms with van der Waals surface area (Å²) in [7, 11) is 0. The van der Waals surface area contributed by atoms with Crippen LogP contribution in [0.5, 0.6) is 0 Å². The third-order valence-electron chi connectivity index (χ3n) is 3.89. The molecule has 0 aliphatic carbocycles. The van der Waals surface area contributed by atoms with Crippen molar-refractivity contribution in [2.45, 2.75) is 6.92 Å². The third-order valence-corrected chi connectivity index (χ3v) is 3.89. The van der Waals surface area contributed by atoms with Crippen molar-refractivity contribution in [3.05, 3.63) is 75.8 Å². The van der Waals surface area contributed by atoms with E-state index in [9.17, 15) is 23.6 Å². The largest absolute Gasteiger partial charge is 0.454 e. The zero-order chi connectivity index (χ0) is 20.3. The second kappa shape index (κ2) is 7.83. The Hall–Kier alpha value is -3.81. The Morgan fingerprint density at radius 1 is 1.07 bits per heavy atom. The lowest BCUT2D eigenvalue weighted by molar-refractivity contribution is -0.114. The van der Waals surface area contributed by atoms with Crippen LogP contribution in [-0.2, 0) is 9.53 Å². The number of ether oxygens (including phenoxy) is 1. The van der Waals surface area contributed by atoms with Crippen LogP contribution in [0.2, 0.25) is 0 Å². The molecule has 0 bridgehead atoms. The van der Waals surface area contributed by atoms with E-state index in [1.54, 1.807) is 24.3 Å². The summed E-state index contributed by atoms with van der Waals surface area (Å²) in [6.45, 7) is 0.575. The van der Waals surface area contributed by atoms with E-state index in [4.69, 9.17) is 4.74 Å². The number of amides is 1. The van der Waals surface area contributed by atoms with Gasteiger partial charge < -0.3 is 15.0 Å². The first kappa shape index (κ1) is 19.0. The summed E-state index contributed by atoms with van der Waals surface area (Å²) in [5.74, 6) is -2.85. The monoisotopic (exact) mass is 382 g/mol. The van der Waals surface area contributed by atoms with Gasteiger partial charge in [-0.2, -0.15) is 0 Å². The standard InChI is InChI=1S/C20H15FN2O5/c1-11(24)22-12-6-7-14(16(21)8-12)18(25)10-28-20(27)15-9-19(26)23-17-5-3-2-4-13(15)17/h2-9H,10H2,1H3,(H,22,24)(H,23,26).